The first-order valence-corrected chi connectivity index (χ1v) is 8.33. The van der Waals surface area contributed by atoms with Gasteiger partial charge in [0.15, 0.2) is 17.3 Å². The number of hydrogen-bond acceptors (Lipinski definition) is 4. The maximum Gasteiger partial charge on any atom is 0.168 e. The summed E-state index contributed by atoms with van der Waals surface area (Å²) in [6, 6.07) is 11.7. The predicted molar refractivity (Wildman–Crippen MR) is 93.9 cm³/mol. The third kappa shape index (κ3) is 3.99. The van der Waals surface area contributed by atoms with E-state index >= 15 is 0 Å². The number of nitrogens with zero attached hydrogens (tertiary/aromatic N) is 1. The molecule has 2 aromatic carbocycles. The Labute approximate surface area is 147 Å². The molecule has 0 atom stereocenters. The van der Waals surface area contributed by atoms with Gasteiger partial charge in [-0.3, -0.25) is 4.79 Å². The Morgan fingerprint density at radius 3 is 2.40 bits per heavy atom. The number of ketones is 1. The van der Waals surface area contributed by atoms with E-state index in [0.29, 0.717) is 5.56 Å². The average molecular weight is 343 g/mol. The van der Waals surface area contributed by atoms with Crippen LogP contribution >= 0.6 is 0 Å². The van der Waals surface area contributed by atoms with Gasteiger partial charge in [-0.15, -0.1) is 0 Å². The Morgan fingerprint density at radius 2 is 1.76 bits per heavy atom. The third-order valence-corrected chi connectivity index (χ3v) is 4.62. The van der Waals surface area contributed by atoms with Crippen LogP contribution < -0.4 is 9.47 Å². The summed E-state index contributed by atoms with van der Waals surface area (Å²) in [5, 5.41) is 0. The fraction of sp³-hybridized carbons (Fsp3) is 0.350. The van der Waals surface area contributed by atoms with Crippen molar-refractivity contribution in [2.24, 2.45) is 5.92 Å². The highest BCUT2D eigenvalue weighted by Crippen LogP contribution is 2.28. The molecule has 0 amide bonds. The molecular weight excluding hydrogens is 321 g/mol. The van der Waals surface area contributed by atoms with Crippen LogP contribution in [-0.4, -0.2) is 44.5 Å². The Morgan fingerprint density at radius 1 is 1.08 bits per heavy atom. The van der Waals surface area contributed by atoms with Crippen LogP contribution in [0.3, 0.4) is 0 Å². The number of rotatable bonds is 7. The molecule has 1 aliphatic heterocycles. The molecule has 1 aliphatic rings. The largest absolute Gasteiger partial charge is 0.493 e. The Balaban J connectivity index is 1.49. The number of ether oxygens (including phenoxy) is 2. The summed E-state index contributed by atoms with van der Waals surface area (Å²) >= 11 is 0. The van der Waals surface area contributed by atoms with Crippen molar-refractivity contribution in [3.05, 3.63) is 59.4 Å². The molecule has 4 nitrogen and oxygen atoms in total. The molecule has 0 spiro atoms. The van der Waals surface area contributed by atoms with Crippen LogP contribution in [-0.2, 0) is 6.42 Å². The van der Waals surface area contributed by atoms with Gasteiger partial charge in [0.2, 0.25) is 0 Å². The van der Waals surface area contributed by atoms with E-state index in [4.69, 9.17) is 9.47 Å². The van der Waals surface area contributed by atoms with Gasteiger partial charge in [0.25, 0.3) is 0 Å². The lowest BCUT2D eigenvalue weighted by Gasteiger charge is -2.38. The third-order valence-electron chi connectivity index (χ3n) is 4.62. The minimum atomic E-state index is -0.318. The smallest absolute Gasteiger partial charge is 0.168 e. The summed E-state index contributed by atoms with van der Waals surface area (Å²) < 4.78 is 23.5. The van der Waals surface area contributed by atoms with E-state index in [9.17, 15) is 9.18 Å². The highest BCUT2D eigenvalue weighted by atomic mass is 19.1. The molecule has 1 heterocycles. The number of Topliss-reactive ketones (excluding diaryl/α,β-unsaturated/α-hetero) is 1. The van der Waals surface area contributed by atoms with Gasteiger partial charge in [-0.05, 0) is 48.4 Å². The molecule has 1 saturated heterocycles. The molecule has 25 heavy (non-hydrogen) atoms. The first-order chi connectivity index (χ1) is 12.1. The summed E-state index contributed by atoms with van der Waals surface area (Å²) in [7, 11) is 3.25. The molecule has 3 rings (SSSR count). The summed E-state index contributed by atoms with van der Waals surface area (Å²) in [5.74, 6) is 1.24. The molecule has 0 unspecified atom stereocenters. The Hall–Kier alpha value is -2.40. The van der Waals surface area contributed by atoms with Gasteiger partial charge in [0.05, 0.1) is 14.2 Å². The second-order valence-electron chi connectivity index (χ2n) is 6.27. The summed E-state index contributed by atoms with van der Waals surface area (Å²) in [6.07, 6.45) is 0.887. The summed E-state index contributed by atoms with van der Waals surface area (Å²) in [6.45, 7) is 2.40. The van der Waals surface area contributed by atoms with Crippen LogP contribution in [0, 0.1) is 11.7 Å². The molecule has 1 fully saturated rings. The Kier molecular flexibility index (Phi) is 5.34. The zero-order valence-corrected chi connectivity index (χ0v) is 14.5. The fourth-order valence-electron chi connectivity index (χ4n) is 3.09. The van der Waals surface area contributed by atoms with Gasteiger partial charge in [-0.1, -0.05) is 6.07 Å². The van der Waals surface area contributed by atoms with E-state index in [1.165, 1.54) is 17.7 Å². The summed E-state index contributed by atoms with van der Waals surface area (Å²) in [4.78, 5) is 14.6. The maximum absolute atomic E-state index is 12.9. The molecule has 132 valence electrons. The van der Waals surface area contributed by atoms with Crippen molar-refractivity contribution in [2.75, 3.05) is 33.9 Å². The van der Waals surface area contributed by atoms with Crippen molar-refractivity contribution in [3.8, 4) is 11.5 Å². The highest BCUT2D eigenvalue weighted by Gasteiger charge is 2.32. The van der Waals surface area contributed by atoms with E-state index in [2.05, 4.69) is 4.90 Å². The van der Waals surface area contributed by atoms with Crippen LogP contribution in [0.4, 0.5) is 4.39 Å². The number of likely N-dealkylation sites (tertiary alicyclic amines) is 1. The van der Waals surface area contributed by atoms with Gasteiger partial charge in [-0.25, -0.2) is 4.39 Å². The van der Waals surface area contributed by atoms with Gasteiger partial charge in [-0.2, -0.15) is 0 Å². The topological polar surface area (TPSA) is 38.8 Å². The highest BCUT2D eigenvalue weighted by molar-refractivity contribution is 5.98. The van der Waals surface area contributed by atoms with Crippen LogP contribution in [0.25, 0.3) is 0 Å². The van der Waals surface area contributed by atoms with Gasteiger partial charge in [0, 0.05) is 31.1 Å². The molecule has 0 bridgehead atoms. The van der Waals surface area contributed by atoms with Crippen LogP contribution in [0.1, 0.15) is 15.9 Å². The lowest BCUT2D eigenvalue weighted by Crippen LogP contribution is -2.50. The van der Waals surface area contributed by atoms with Crippen molar-refractivity contribution in [2.45, 2.75) is 6.42 Å². The van der Waals surface area contributed by atoms with Gasteiger partial charge >= 0.3 is 0 Å². The molecule has 0 N–H and O–H groups in total. The zero-order valence-electron chi connectivity index (χ0n) is 14.5. The minimum absolute atomic E-state index is 0.0101. The van der Waals surface area contributed by atoms with E-state index in [-0.39, 0.29) is 17.5 Å². The fourth-order valence-corrected chi connectivity index (χ4v) is 3.09. The first kappa shape index (κ1) is 17.4. The number of benzene rings is 2. The zero-order chi connectivity index (χ0) is 17.8. The van der Waals surface area contributed by atoms with Crippen molar-refractivity contribution >= 4 is 5.78 Å². The van der Waals surface area contributed by atoms with Crippen LogP contribution in [0.15, 0.2) is 42.5 Å². The van der Waals surface area contributed by atoms with Crippen molar-refractivity contribution in [3.63, 3.8) is 0 Å². The van der Waals surface area contributed by atoms with E-state index in [0.717, 1.165) is 37.6 Å². The van der Waals surface area contributed by atoms with E-state index in [1.54, 1.807) is 26.4 Å². The number of carbonyl (C=O) groups excluding carboxylic acids is 1. The molecular formula is C20H22FNO3. The minimum Gasteiger partial charge on any atom is -0.493 e. The monoisotopic (exact) mass is 343 g/mol. The standard InChI is InChI=1S/C20H22FNO3/c1-24-18-8-3-14(11-19(18)25-2)9-10-22-12-16(13-22)20(23)15-4-6-17(21)7-5-15/h3-8,11,16H,9-10,12-13H2,1-2H3. The number of methoxy groups -OCH3 is 2. The quantitative estimate of drug-likeness (QED) is 0.724. The molecule has 5 heteroatoms. The van der Waals surface area contributed by atoms with E-state index < -0.39 is 0 Å². The van der Waals surface area contributed by atoms with Crippen molar-refractivity contribution in [1.29, 1.82) is 0 Å². The second kappa shape index (κ2) is 7.66. The molecule has 2 aromatic rings. The lowest BCUT2D eigenvalue weighted by atomic mass is 9.90. The Bertz CT molecular complexity index is 739. The van der Waals surface area contributed by atoms with Crippen LogP contribution in [0.2, 0.25) is 0 Å². The van der Waals surface area contributed by atoms with Gasteiger partial charge < -0.3 is 14.4 Å². The summed E-state index contributed by atoms with van der Waals surface area (Å²) in [5.41, 5.74) is 1.76. The predicted octanol–water partition coefficient (Wildman–Crippen LogP) is 3.20. The first-order valence-electron chi connectivity index (χ1n) is 8.33. The number of carbonyl (C=O) groups is 1. The van der Waals surface area contributed by atoms with Crippen LogP contribution in [0.5, 0.6) is 11.5 Å². The van der Waals surface area contributed by atoms with Crippen molar-refractivity contribution in [1.82, 2.24) is 4.90 Å². The normalized spacial score (nSPS) is 14.8. The van der Waals surface area contributed by atoms with E-state index in [1.807, 2.05) is 18.2 Å². The second-order valence-corrected chi connectivity index (χ2v) is 6.27. The molecule has 0 aromatic heterocycles. The molecule has 0 aliphatic carbocycles. The van der Waals surface area contributed by atoms with Crippen molar-refractivity contribution < 1.29 is 18.7 Å². The number of halogens is 1. The average Bonchev–Trinajstić information content (AvgIpc) is 2.60. The molecule has 0 saturated carbocycles. The SMILES string of the molecule is COc1ccc(CCN2CC(C(=O)c3ccc(F)cc3)C2)cc1OC. The molecule has 0 radical (unpaired) electrons. The maximum atomic E-state index is 12.9. The number of hydrogen-bond donors (Lipinski definition) is 0. The lowest BCUT2D eigenvalue weighted by molar-refractivity contribution is 0.0627. The van der Waals surface area contributed by atoms with Gasteiger partial charge in [0.1, 0.15) is 5.82 Å².